The SMILES string of the molecule is Cc1sc(C)c(C(SC(C)(C)C)C(=O)O)c1-c1ccc2c(c1)CCCO2. The topological polar surface area (TPSA) is 46.5 Å². The van der Waals surface area contributed by atoms with Crippen molar-refractivity contribution in [2.45, 2.75) is 57.5 Å². The predicted octanol–water partition coefficient (Wildman–Crippen LogP) is 6.01. The summed E-state index contributed by atoms with van der Waals surface area (Å²) in [7, 11) is 0. The second-order valence-corrected chi connectivity index (χ2v) is 11.1. The molecule has 0 bridgehead atoms. The maximum atomic E-state index is 12.1. The lowest BCUT2D eigenvalue weighted by Crippen LogP contribution is -2.18. The Morgan fingerprint density at radius 3 is 2.65 bits per heavy atom. The second-order valence-electron chi connectivity index (χ2n) is 7.73. The first-order chi connectivity index (χ1) is 12.2. The van der Waals surface area contributed by atoms with Crippen LogP contribution in [-0.4, -0.2) is 22.4 Å². The minimum atomic E-state index is -0.770. The zero-order valence-electron chi connectivity index (χ0n) is 16.0. The molecule has 26 heavy (non-hydrogen) atoms. The third kappa shape index (κ3) is 3.94. The number of rotatable bonds is 4. The highest BCUT2D eigenvalue weighted by Crippen LogP contribution is 2.48. The number of benzene rings is 1. The molecule has 0 fully saturated rings. The Hall–Kier alpha value is -1.46. The number of hydrogen-bond acceptors (Lipinski definition) is 4. The molecule has 1 aliphatic rings. The lowest BCUT2D eigenvalue weighted by atomic mass is 9.94. The highest BCUT2D eigenvalue weighted by Gasteiger charge is 2.32. The third-order valence-corrected chi connectivity index (χ3v) is 6.88. The van der Waals surface area contributed by atoms with Crippen LogP contribution >= 0.6 is 23.1 Å². The van der Waals surface area contributed by atoms with Gasteiger partial charge in [0.2, 0.25) is 0 Å². The molecular formula is C21H26O3S2. The van der Waals surface area contributed by atoms with Gasteiger partial charge in [-0.1, -0.05) is 26.8 Å². The zero-order valence-corrected chi connectivity index (χ0v) is 17.6. The van der Waals surface area contributed by atoms with E-state index in [1.165, 1.54) is 22.2 Å². The smallest absolute Gasteiger partial charge is 0.321 e. The fraction of sp³-hybridized carbons (Fsp3) is 0.476. The van der Waals surface area contributed by atoms with E-state index in [0.29, 0.717) is 0 Å². The predicted molar refractivity (Wildman–Crippen MR) is 111 cm³/mol. The van der Waals surface area contributed by atoms with Gasteiger partial charge in [-0.25, -0.2) is 0 Å². The molecule has 3 rings (SSSR count). The molecule has 0 spiro atoms. The fourth-order valence-electron chi connectivity index (χ4n) is 3.48. The van der Waals surface area contributed by atoms with Crippen LogP contribution in [0.15, 0.2) is 18.2 Å². The van der Waals surface area contributed by atoms with Crippen LogP contribution in [0.5, 0.6) is 5.75 Å². The number of hydrogen-bond donors (Lipinski definition) is 1. The number of aliphatic carboxylic acids is 1. The number of carboxylic acid groups (broad SMARTS) is 1. The van der Waals surface area contributed by atoms with Crippen molar-refractivity contribution < 1.29 is 14.6 Å². The first-order valence-corrected chi connectivity index (χ1v) is 10.6. The van der Waals surface area contributed by atoms with Crippen LogP contribution in [0.2, 0.25) is 0 Å². The summed E-state index contributed by atoms with van der Waals surface area (Å²) in [5.41, 5.74) is 4.37. The maximum absolute atomic E-state index is 12.1. The van der Waals surface area contributed by atoms with Crippen molar-refractivity contribution in [3.63, 3.8) is 0 Å². The van der Waals surface area contributed by atoms with E-state index in [-0.39, 0.29) is 4.75 Å². The van der Waals surface area contributed by atoms with Crippen LogP contribution in [0.25, 0.3) is 11.1 Å². The summed E-state index contributed by atoms with van der Waals surface area (Å²) >= 11 is 3.20. The molecule has 2 heterocycles. The van der Waals surface area contributed by atoms with Crippen LogP contribution in [0, 0.1) is 13.8 Å². The van der Waals surface area contributed by atoms with E-state index in [1.807, 2.05) is 13.0 Å². The summed E-state index contributed by atoms with van der Waals surface area (Å²) in [6, 6.07) is 6.29. The molecule has 0 amide bonds. The monoisotopic (exact) mass is 390 g/mol. The van der Waals surface area contributed by atoms with Gasteiger partial charge in [0.1, 0.15) is 11.0 Å². The van der Waals surface area contributed by atoms with Crippen molar-refractivity contribution in [2.75, 3.05) is 6.61 Å². The molecule has 5 heteroatoms. The summed E-state index contributed by atoms with van der Waals surface area (Å²) in [4.78, 5) is 14.4. The molecular weight excluding hydrogens is 364 g/mol. The zero-order chi connectivity index (χ0) is 19.1. The molecule has 140 valence electrons. The molecule has 1 N–H and O–H groups in total. The van der Waals surface area contributed by atoms with Crippen molar-refractivity contribution in [1.29, 1.82) is 0 Å². The van der Waals surface area contributed by atoms with Crippen molar-refractivity contribution in [2.24, 2.45) is 0 Å². The first-order valence-electron chi connectivity index (χ1n) is 8.94. The number of thiophene rings is 1. The van der Waals surface area contributed by atoms with E-state index in [4.69, 9.17) is 4.74 Å². The molecule has 1 aliphatic heterocycles. The average Bonchev–Trinajstić information content (AvgIpc) is 2.85. The Morgan fingerprint density at radius 2 is 2.00 bits per heavy atom. The number of carboxylic acids is 1. The second kappa shape index (κ2) is 7.28. The minimum Gasteiger partial charge on any atom is -0.493 e. The molecule has 1 aromatic carbocycles. The van der Waals surface area contributed by atoms with Gasteiger partial charge in [0.15, 0.2) is 0 Å². The van der Waals surface area contributed by atoms with Crippen molar-refractivity contribution in [3.05, 3.63) is 39.1 Å². The lowest BCUT2D eigenvalue weighted by molar-refractivity contribution is -0.136. The summed E-state index contributed by atoms with van der Waals surface area (Å²) in [6.07, 6.45) is 2.04. The van der Waals surface area contributed by atoms with Crippen LogP contribution in [0.1, 0.15) is 53.3 Å². The Labute approximate surface area is 163 Å². The molecule has 0 radical (unpaired) electrons. The highest BCUT2D eigenvalue weighted by molar-refractivity contribution is 8.01. The molecule has 0 saturated carbocycles. The average molecular weight is 391 g/mol. The van der Waals surface area contributed by atoms with E-state index in [1.54, 1.807) is 11.3 Å². The Kier molecular flexibility index (Phi) is 5.40. The molecule has 0 aliphatic carbocycles. The van der Waals surface area contributed by atoms with Gasteiger partial charge < -0.3 is 9.84 Å². The Morgan fingerprint density at radius 1 is 1.27 bits per heavy atom. The van der Waals surface area contributed by atoms with Gasteiger partial charge in [-0.3, -0.25) is 4.79 Å². The third-order valence-electron chi connectivity index (χ3n) is 4.46. The molecule has 1 aromatic heterocycles. The highest BCUT2D eigenvalue weighted by atomic mass is 32.2. The van der Waals surface area contributed by atoms with Gasteiger partial charge >= 0.3 is 5.97 Å². The number of ether oxygens (including phenoxy) is 1. The summed E-state index contributed by atoms with van der Waals surface area (Å²) < 4.78 is 5.60. The number of carbonyl (C=O) groups is 1. The summed E-state index contributed by atoms with van der Waals surface area (Å²) in [5, 5.41) is 9.38. The molecule has 1 unspecified atom stereocenters. The van der Waals surface area contributed by atoms with E-state index in [2.05, 4.69) is 39.8 Å². The largest absolute Gasteiger partial charge is 0.493 e. The molecule has 3 nitrogen and oxygen atoms in total. The van der Waals surface area contributed by atoms with Gasteiger partial charge in [0.05, 0.1) is 6.61 Å². The van der Waals surface area contributed by atoms with Crippen LogP contribution in [0.4, 0.5) is 0 Å². The lowest BCUT2D eigenvalue weighted by Gasteiger charge is -2.25. The summed E-state index contributed by atoms with van der Waals surface area (Å²) in [6.45, 7) is 11.1. The van der Waals surface area contributed by atoms with E-state index >= 15 is 0 Å². The number of fused-ring (bicyclic) bond motifs is 1. The molecule has 0 saturated heterocycles. The minimum absolute atomic E-state index is 0.133. The van der Waals surface area contributed by atoms with Gasteiger partial charge in [-0.05, 0) is 55.5 Å². The fourth-order valence-corrected chi connectivity index (χ4v) is 5.89. The van der Waals surface area contributed by atoms with E-state index in [0.717, 1.165) is 46.8 Å². The van der Waals surface area contributed by atoms with Crippen LogP contribution < -0.4 is 4.74 Å². The van der Waals surface area contributed by atoms with Gasteiger partial charge in [0, 0.05) is 20.1 Å². The maximum Gasteiger partial charge on any atom is 0.321 e. The van der Waals surface area contributed by atoms with Crippen LogP contribution in [0.3, 0.4) is 0 Å². The van der Waals surface area contributed by atoms with Gasteiger partial charge in [-0.15, -0.1) is 23.1 Å². The standard InChI is InChI=1S/C21H26O3S2/c1-12-17(15-8-9-16-14(11-15)7-6-10-24-16)18(13(2)25-12)19(20(22)23)26-21(3,4)5/h8-9,11,19H,6-7,10H2,1-5H3,(H,22,23). The van der Waals surface area contributed by atoms with E-state index in [9.17, 15) is 9.90 Å². The normalized spacial score (nSPS) is 15.3. The van der Waals surface area contributed by atoms with Crippen molar-refractivity contribution >= 4 is 29.1 Å². The van der Waals surface area contributed by atoms with Gasteiger partial charge in [0.25, 0.3) is 0 Å². The number of aryl methyl sites for hydroxylation is 3. The number of thioether (sulfide) groups is 1. The van der Waals surface area contributed by atoms with Crippen LogP contribution in [-0.2, 0) is 11.2 Å². The molecule has 2 aromatic rings. The summed E-state index contributed by atoms with van der Waals surface area (Å²) in [5.74, 6) is 0.193. The molecule has 1 atom stereocenters. The Bertz CT molecular complexity index is 831. The van der Waals surface area contributed by atoms with Crippen molar-refractivity contribution in [1.82, 2.24) is 0 Å². The quantitative estimate of drug-likeness (QED) is 0.694. The first kappa shape index (κ1) is 19.3. The van der Waals surface area contributed by atoms with Gasteiger partial charge in [-0.2, -0.15) is 0 Å². The Balaban J connectivity index is 2.12. The van der Waals surface area contributed by atoms with E-state index < -0.39 is 11.2 Å². The van der Waals surface area contributed by atoms with Crippen molar-refractivity contribution in [3.8, 4) is 16.9 Å².